The highest BCUT2D eigenvalue weighted by atomic mass is 32.1. The predicted molar refractivity (Wildman–Crippen MR) is 73.8 cm³/mol. The van der Waals surface area contributed by atoms with Crippen LogP contribution in [0.25, 0.3) is 0 Å². The summed E-state index contributed by atoms with van der Waals surface area (Å²) in [5, 5.41) is 13.8. The first kappa shape index (κ1) is 15.5. The van der Waals surface area contributed by atoms with Gasteiger partial charge in [0.15, 0.2) is 0 Å². The van der Waals surface area contributed by atoms with Crippen LogP contribution in [-0.4, -0.2) is 29.6 Å². The SMILES string of the molecule is COc1ccsc1C(=O)NC(C)(C)C(C)(C)C(=O)O. The Kier molecular flexibility index (Phi) is 4.25. The molecular weight excluding hydrogens is 266 g/mol. The van der Waals surface area contributed by atoms with Crippen molar-refractivity contribution in [3.8, 4) is 5.75 Å². The van der Waals surface area contributed by atoms with Crippen LogP contribution in [0.5, 0.6) is 5.75 Å². The Morgan fingerprint density at radius 2 is 1.89 bits per heavy atom. The van der Waals surface area contributed by atoms with Crippen molar-refractivity contribution in [2.45, 2.75) is 33.2 Å². The summed E-state index contributed by atoms with van der Waals surface area (Å²) in [5.41, 5.74) is -1.99. The number of carbonyl (C=O) groups excluding carboxylic acids is 1. The summed E-state index contributed by atoms with van der Waals surface area (Å²) in [6, 6.07) is 1.70. The van der Waals surface area contributed by atoms with E-state index in [4.69, 9.17) is 4.74 Å². The lowest BCUT2D eigenvalue weighted by molar-refractivity contribution is -0.150. The van der Waals surface area contributed by atoms with Gasteiger partial charge in [0, 0.05) is 0 Å². The number of rotatable bonds is 5. The third kappa shape index (κ3) is 2.89. The zero-order valence-corrected chi connectivity index (χ0v) is 12.6. The highest BCUT2D eigenvalue weighted by Crippen LogP contribution is 2.32. The van der Waals surface area contributed by atoms with Crippen LogP contribution in [0.4, 0.5) is 0 Å². The molecule has 0 spiro atoms. The summed E-state index contributed by atoms with van der Waals surface area (Å²) in [6.45, 7) is 6.56. The molecule has 0 aliphatic carbocycles. The molecule has 1 rings (SSSR count). The zero-order valence-electron chi connectivity index (χ0n) is 11.7. The van der Waals surface area contributed by atoms with Gasteiger partial charge in [-0.3, -0.25) is 9.59 Å². The highest BCUT2D eigenvalue weighted by Gasteiger charge is 2.44. The molecule has 106 valence electrons. The molecule has 0 aliphatic rings. The maximum absolute atomic E-state index is 12.2. The fraction of sp³-hybridized carbons (Fsp3) is 0.538. The first-order valence-electron chi connectivity index (χ1n) is 5.81. The van der Waals surface area contributed by atoms with Gasteiger partial charge >= 0.3 is 5.97 Å². The Hall–Kier alpha value is -1.56. The van der Waals surface area contributed by atoms with Crippen LogP contribution in [0.2, 0.25) is 0 Å². The van der Waals surface area contributed by atoms with E-state index in [1.807, 2.05) is 0 Å². The van der Waals surface area contributed by atoms with Crippen LogP contribution < -0.4 is 10.1 Å². The number of aliphatic carboxylic acids is 1. The van der Waals surface area contributed by atoms with Gasteiger partial charge in [0.1, 0.15) is 10.6 Å². The van der Waals surface area contributed by atoms with E-state index in [0.717, 1.165) is 0 Å². The van der Waals surface area contributed by atoms with Gasteiger partial charge in [-0.2, -0.15) is 0 Å². The summed E-state index contributed by atoms with van der Waals surface area (Å²) in [7, 11) is 1.49. The maximum atomic E-state index is 12.2. The summed E-state index contributed by atoms with van der Waals surface area (Å²) < 4.78 is 5.09. The minimum Gasteiger partial charge on any atom is -0.495 e. The Balaban J connectivity index is 2.96. The lowest BCUT2D eigenvalue weighted by Crippen LogP contribution is -2.56. The fourth-order valence-electron chi connectivity index (χ4n) is 1.39. The largest absolute Gasteiger partial charge is 0.495 e. The van der Waals surface area contributed by atoms with Crippen LogP contribution in [0.15, 0.2) is 11.4 Å². The van der Waals surface area contributed by atoms with Gasteiger partial charge in [-0.05, 0) is 39.1 Å². The Bertz CT molecular complexity index is 491. The van der Waals surface area contributed by atoms with Gasteiger partial charge in [-0.15, -0.1) is 11.3 Å². The number of methoxy groups -OCH3 is 1. The molecule has 1 aromatic heterocycles. The van der Waals surface area contributed by atoms with E-state index in [1.54, 1.807) is 39.1 Å². The minimum absolute atomic E-state index is 0.328. The number of carboxylic acid groups (broad SMARTS) is 1. The number of amides is 1. The molecule has 19 heavy (non-hydrogen) atoms. The summed E-state index contributed by atoms with van der Waals surface area (Å²) in [4.78, 5) is 23.9. The molecule has 0 bridgehead atoms. The number of ether oxygens (including phenoxy) is 1. The second kappa shape index (κ2) is 5.21. The normalized spacial score (nSPS) is 12.1. The molecule has 0 fully saturated rings. The molecule has 6 heteroatoms. The summed E-state index contributed by atoms with van der Waals surface area (Å²) >= 11 is 1.26. The fourth-order valence-corrected chi connectivity index (χ4v) is 2.14. The van der Waals surface area contributed by atoms with E-state index in [2.05, 4.69) is 5.32 Å². The van der Waals surface area contributed by atoms with E-state index < -0.39 is 16.9 Å². The molecule has 0 radical (unpaired) electrons. The van der Waals surface area contributed by atoms with E-state index >= 15 is 0 Å². The van der Waals surface area contributed by atoms with Crippen LogP contribution in [-0.2, 0) is 4.79 Å². The second-order valence-electron chi connectivity index (χ2n) is 5.33. The van der Waals surface area contributed by atoms with Crippen molar-refractivity contribution < 1.29 is 19.4 Å². The Labute approximate surface area is 116 Å². The molecular formula is C13H19NO4S. The first-order chi connectivity index (χ1) is 8.63. The number of nitrogens with one attached hydrogen (secondary N) is 1. The Morgan fingerprint density at radius 1 is 1.32 bits per heavy atom. The van der Waals surface area contributed by atoms with Crippen molar-refractivity contribution in [2.75, 3.05) is 7.11 Å². The molecule has 1 aromatic rings. The third-order valence-corrected chi connectivity index (χ3v) is 4.47. The van der Waals surface area contributed by atoms with Gasteiger partial charge in [0.2, 0.25) is 0 Å². The lowest BCUT2D eigenvalue weighted by atomic mass is 9.74. The number of carboxylic acids is 1. The van der Waals surface area contributed by atoms with E-state index in [9.17, 15) is 14.7 Å². The quantitative estimate of drug-likeness (QED) is 0.871. The molecule has 1 heterocycles. The molecule has 0 unspecified atom stereocenters. The lowest BCUT2D eigenvalue weighted by Gasteiger charge is -2.38. The second-order valence-corrected chi connectivity index (χ2v) is 6.24. The predicted octanol–water partition coefficient (Wildman–Crippen LogP) is 2.38. The number of carbonyl (C=O) groups is 2. The smallest absolute Gasteiger partial charge is 0.311 e. The number of thiophene rings is 1. The van der Waals surface area contributed by atoms with Crippen LogP contribution >= 0.6 is 11.3 Å². The van der Waals surface area contributed by atoms with E-state index in [-0.39, 0.29) is 5.91 Å². The summed E-state index contributed by atoms with van der Waals surface area (Å²) in [5.74, 6) is -0.798. The van der Waals surface area contributed by atoms with Crippen LogP contribution in [0, 0.1) is 5.41 Å². The van der Waals surface area contributed by atoms with Gasteiger partial charge < -0.3 is 15.2 Å². The third-order valence-electron chi connectivity index (χ3n) is 3.58. The molecule has 5 nitrogen and oxygen atoms in total. The van der Waals surface area contributed by atoms with Crippen molar-refractivity contribution in [1.82, 2.24) is 5.32 Å². The Morgan fingerprint density at radius 3 is 2.37 bits per heavy atom. The highest BCUT2D eigenvalue weighted by molar-refractivity contribution is 7.12. The van der Waals surface area contributed by atoms with Gasteiger partial charge in [-0.25, -0.2) is 0 Å². The molecule has 0 saturated carbocycles. The minimum atomic E-state index is -1.09. The van der Waals surface area contributed by atoms with E-state index in [1.165, 1.54) is 18.4 Å². The van der Waals surface area contributed by atoms with Crippen molar-refractivity contribution in [1.29, 1.82) is 0 Å². The number of hydrogen-bond acceptors (Lipinski definition) is 4. The number of hydrogen-bond donors (Lipinski definition) is 2. The first-order valence-corrected chi connectivity index (χ1v) is 6.69. The van der Waals surface area contributed by atoms with Gasteiger partial charge in [0.25, 0.3) is 5.91 Å². The zero-order chi connectivity index (χ0) is 14.8. The molecule has 1 amide bonds. The average Bonchev–Trinajstić information content (AvgIpc) is 2.75. The monoisotopic (exact) mass is 285 g/mol. The maximum Gasteiger partial charge on any atom is 0.311 e. The topological polar surface area (TPSA) is 75.6 Å². The average molecular weight is 285 g/mol. The standard InChI is InChI=1S/C13H19NO4S/c1-12(2,11(16)17)13(3,4)14-10(15)9-8(18-5)6-7-19-9/h6-7H,1-5H3,(H,14,15)(H,16,17). The molecule has 2 N–H and O–H groups in total. The van der Waals surface area contributed by atoms with Crippen LogP contribution in [0.1, 0.15) is 37.4 Å². The molecule has 0 aliphatic heterocycles. The van der Waals surface area contributed by atoms with Gasteiger partial charge in [0.05, 0.1) is 18.1 Å². The molecule has 0 aromatic carbocycles. The van der Waals surface area contributed by atoms with Crippen molar-refractivity contribution in [2.24, 2.45) is 5.41 Å². The van der Waals surface area contributed by atoms with Crippen molar-refractivity contribution in [3.05, 3.63) is 16.3 Å². The van der Waals surface area contributed by atoms with Crippen LogP contribution in [0.3, 0.4) is 0 Å². The molecule has 0 atom stereocenters. The summed E-state index contributed by atoms with van der Waals surface area (Å²) in [6.07, 6.45) is 0. The van der Waals surface area contributed by atoms with Crippen molar-refractivity contribution >= 4 is 23.2 Å². The van der Waals surface area contributed by atoms with E-state index in [0.29, 0.717) is 10.6 Å². The van der Waals surface area contributed by atoms with Gasteiger partial charge in [-0.1, -0.05) is 0 Å². The van der Waals surface area contributed by atoms with Crippen molar-refractivity contribution in [3.63, 3.8) is 0 Å². The molecule has 0 saturated heterocycles.